The van der Waals surface area contributed by atoms with Crippen LogP contribution in [0.1, 0.15) is 45.6 Å². The highest BCUT2D eigenvalue weighted by Gasteiger charge is 2.29. The molecule has 1 aliphatic rings. The number of hydrogen-bond donors (Lipinski definition) is 1. The quantitative estimate of drug-likeness (QED) is 0.925. The van der Waals surface area contributed by atoms with Gasteiger partial charge in [0.1, 0.15) is 11.4 Å². The minimum Gasteiger partial charge on any atom is -0.444 e. The predicted octanol–water partition coefficient (Wildman–Crippen LogP) is 3.53. The fourth-order valence-corrected chi connectivity index (χ4v) is 3.03. The number of hydrogen-bond acceptors (Lipinski definition) is 3. The van der Waals surface area contributed by atoms with Gasteiger partial charge in [-0.2, -0.15) is 0 Å². The summed E-state index contributed by atoms with van der Waals surface area (Å²) >= 11 is 0. The molecule has 4 nitrogen and oxygen atoms in total. The average molecular weight is 322 g/mol. The summed E-state index contributed by atoms with van der Waals surface area (Å²) in [5.74, 6) is -0.00731. The molecular weight excluding hydrogens is 295 g/mol. The third-order valence-electron chi connectivity index (χ3n) is 4.01. The molecule has 1 saturated heterocycles. The fraction of sp³-hybridized carbons (Fsp3) is 0.611. The van der Waals surface area contributed by atoms with Crippen molar-refractivity contribution < 1.29 is 13.9 Å². The fourth-order valence-electron chi connectivity index (χ4n) is 3.03. The zero-order chi connectivity index (χ0) is 17.0. The first kappa shape index (κ1) is 17.7. The van der Waals surface area contributed by atoms with E-state index in [0.717, 1.165) is 31.6 Å². The summed E-state index contributed by atoms with van der Waals surface area (Å²) in [5.41, 5.74) is 0.477. The molecule has 2 atom stereocenters. The lowest BCUT2D eigenvalue weighted by molar-refractivity contribution is 0.0466. The van der Waals surface area contributed by atoms with E-state index >= 15 is 0 Å². The summed E-state index contributed by atoms with van der Waals surface area (Å²) in [5, 5.41) is 2.96. The van der Waals surface area contributed by atoms with Crippen molar-refractivity contribution >= 4 is 6.09 Å². The van der Waals surface area contributed by atoms with Crippen molar-refractivity contribution in [2.45, 2.75) is 51.7 Å². The molecule has 1 N–H and O–H groups in total. The van der Waals surface area contributed by atoms with Gasteiger partial charge in [0, 0.05) is 19.1 Å². The van der Waals surface area contributed by atoms with Crippen LogP contribution in [0.3, 0.4) is 0 Å². The number of amides is 1. The van der Waals surface area contributed by atoms with Crippen molar-refractivity contribution in [2.75, 3.05) is 19.6 Å². The maximum absolute atomic E-state index is 13.5. The molecule has 1 heterocycles. The summed E-state index contributed by atoms with van der Waals surface area (Å²) in [7, 11) is 0. The lowest BCUT2D eigenvalue weighted by Gasteiger charge is -2.38. The SMILES string of the molecule is CCN1CC(NC(=O)OC(C)(C)C)CC(c2cccc(F)c2)C1. The topological polar surface area (TPSA) is 41.6 Å². The number of ether oxygens (including phenoxy) is 1. The minimum absolute atomic E-state index is 0.00631. The smallest absolute Gasteiger partial charge is 0.407 e. The third-order valence-corrected chi connectivity index (χ3v) is 4.01. The van der Waals surface area contributed by atoms with Crippen molar-refractivity contribution in [1.29, 1.82) is 0 Å². The van der Waals surface area contributed by atoms with Crippen LogP contribution in [0, 0.1) is 5.82 Å². The Labute approximate surface area is 138 Å². The van der Waals surface area contributed by atoms with Crippen LogP contribution in [0.4, 0.5) is 9.18 Å². The van der Waals surface area contributed by atoms with E-state index < -0.39 is 11.7 Å². The van der Waals surface area contributed by atoms with Gasteiger partial charge in [0.25, 0.3) is 0 Å². The van der Waals surface area contributed by atoms with E-state index in [0.29, 0.717) is 0 Å². The molecule has 0 bridgehead atoms. The van der Waals surface area contributed by atoms with Crippen molar-refractivity contribution in [1.82, 2.24) is 10.2 Å². The van der Waals surface area contributed by atoms with Crippen molar-refractivity contribution in [2.24, 2.45) is 0 Å². The van der Waals surface area contributed by atoms with Crippen LogP contribution in [-0.2, 0) is 4.74 Å². The second-order valence-corrected chi connectivity index (χ2v) is 7.18. The number of alkyl carbamates (subject to hydrolysis) is 1. The first-order valence-corrected chi connectivity index (χ1v) is 8.24. The number of rotatable bonds is 3. The first-order chi connectivity index (χ1) is 10.8. The zero-order valence-electron chi connectivity index (χ0n) is 14.4. The van der Waals surface area contributed by atoms with Gasteiger partial charge in [-0.15, -0.1) is 0 Å². The zero-order valence-corrected chi connectivity index (χ0v) is 14.4. The maximum atomic E-state index is 13.5. The molecule has 0 aliphatic carbocycles. The molecule has 0 aromatic heterocycles. The molecule has 5 heteroatoms. The van der Waals surface area contributed by atoms with Crippen LogP contribution in [0.5, 0.6) is 0 Å². The second kappa shape index (κ2) is 7.30. The Morgan fingerprint density at radius 2 is 2.13 bits per heavy atom. The molecule has 2 rings (SSSR count). The van der Waals surface area contributed by atoms with E-state index in [-0.39, 0.29) is 17.8 Å². The molecule has 1 fully saturated rings. The minimum atomic E-state index is -0.509. The molecule has 0 saturated carbocycles. The van der Waals surface area contributed by atoms with Crippen molar-refractivity contribution in [3.05, 3.63) is 35.6 Å². The summed E-state index contributed by atoms with van der Waals surface area (Å²) in [6, 6.07) is 6.75. The normalized spacial score (nSPS) is 22.7. The van der Waals surface area contributed by atoms with Crippen LogP contribution in [-0.4, -0.2) is 42.3 Å². The third kappa shape index (κ3) is 5.50. The number of piperidine rings is 1. The molecule has 1 amide bonds. The van der Waals surface area contributed by atoms with Gasteiger partial charge in [0.2, 0.25) is 0 Å². The van der Waals surface area contributed by atoms with Crippen LogP contribution in [0.25, 0.3) is 0 Å². The summed E-state index contributed by atoms with van der Waals surface area (Å²) < 4.78 is 18.8. The molecule has 2 unspecified atom stereocenters. The standard InChI is InChI=1S/C18H27FN2O2/c1-5-21-11-14(13-7-6-8-15(19)9-13)10-16(12-21)20-17(22)23-18(2,3)4/h6-9,14,16H,5,10-12H2,1-4H3,(H,20,22). The Bertz CT molecular complexity index is 542. The number of halogens is 1. The highest BCUT2D eigenvalue weighted by atomic mass is 19.1. The molecule has 1 aliphatic heterocycles. The summed E-state index contributed by atoms with van der Waals surface area (Å²) in [6.45, 7) is 10.2. The Morgan fingerprint density at radius 1 is 1.39 bits per heavy atom. The van der Waals surface area contributed by atoms with E-state index in [2.05, 4.69) is 17.1 Å². The van der Waals surface area contributed by atoms with Gasteiger partial charge in [0.05, 0.1) is 0 Å². The van der Waals surface area contributed by atoms with Gasteiger partial charge in [-0.25, -0.2) is 9.18 Å². The van der Waals surface area contributed by atoms with Crippen LogP contribution in [0.2, 0.25) is 0 Å². The lowest BCUT2D eigenvalue weighted by atomic mass is 9.88. The number of likely N-dealkylation sites (tertiary alicyclic amines) is 1. The van der Waals surface area contributed by atoms with Gasteiger partial charge in [0.15, 0.2) is 0 Å². The summed E-state index contributed by atoms with van der Waals surface area (Å²) in [4.78, 5) is 14.3. The summed E-state index contributed by atoms with van der Waals surface area (Å²) in [6.07, 6.45) is 0.401. The Balaban J connectivity index is 2.05. The number of carbonyl (C=O) groups is 1. The Morgan fingerprint density at radius 3 is 2.74 bits per heavy atom. The van der Waals surface area contributed by atoms with Crippen LogP contribution < -0.4 is 5.32 Å². The molecule has 1 aromatic rings. The maximum Gasteiger partial charge on any atom is 0.407 e. The van der Waals surface area contributed by atoms with Crippen molar-refractivity contribution in [3.63, 3.8) is 0 Å². The monoisotopic (exact) mass is 322 g/mol. The Hall–Kier alpha value is -1.62. The first-order valence-electron chi connectivity index (χ1n) is 8.24. The van der Waals surface area contributed by atoms with Gasteiger partial charge >= 0.3 is 6.09 Å². The van der Waals surface area contributed by atoms with Gasteiger partial charge in [-0.3, -0.25) is 0 Å². The molecule has 1 aromatic carbocycles. The molecular formula is C18H27FN2O2. The highest BCUT2D eigenvalue weighted by Crippen LogP contribution is 2.27. The van der Waals surface area contributed by atoms with Gasteiger partial charge in [-0.1, -0.05) is 19.1 Å². The van der Waals surface area contributed by atoms with Crippen molar-refractivity contribution in [3.8, 4) is 0 Å². The molecule has 128 valence electrons. The number of likely N-dealkylation sites (N-methyl/N-ethyl adjacent to an activating group) is 1. The van der Waals surface area contributed by atoms with E-state index in [4.69, 9.17) is 4.74 Å². The molecule has 0 spiro atoms. The lowest BCUT2D eigenvalue weighted by Crippen LogP contribution is -2.51. The average Bonchev–Trinajstić information content (AvgIpc) is 2.44. The van der Waals surface area contributed by atoms with Crippen LogP contribution in [0.15, 0.2) is 24.3 Å². The predicted molar refractivity (Wildman–Crippen MR) is 89.0 cm³/mol. The van der Waals surface area contributed by atoms with Gasteiger partial charge < -0.3 is 15.0 Å². The van der Waals surface area contributed by atoms with Crippen LogP contribution >= 0.6 is 0 Å². The number of nitrogens with zero attached hydrogens (tertiary/aromatic N) is 1. The second-order valence-electron chi connectivity index (χ2n) is 7.18. The van der Waals surface area contributed by atoms with E-state index in [1.807, 2.05) is 26.8 Å². The number of carbonyl (C=O) groups excluding carboxylic acids is 1. The van der Waals surface area contributed by atoms with E-state index in [1.165, 1.54) is 6.07 Å². The Kier molecular flexibility index (Phi) is 5.63. The molecule has 0 radical (unpaired) electrons. The molecule has 23 heavy (non-hydrogen) atoms. The largest absolute Gasteiger partial charge is 0.444 e. The van der Waals surface area contributed by atoms with E-state index in [1.54, 1.807) is 12.1 Å². The number of nitrogens with one attached hydrogen (secondary N) is 1. The van der Waals surface area contributed by atoms with Gasteiger partial charge in [-0.05, 0) is 57.4 Å². The number of benzene rings is 1. The van der Waals surface area contributed by atoms with E-state index in [9.17, 15) is 9.18 Å². The highest BCUT2D eigenvalue weighted by molar-refractivity contribution is 5.68.